The Hall–Kier alpha value is -0.0800. The van der Waals surface area contributed by atoms with E-state index >= 15 is 0 Å². The van der Waals surface area contributed by atoms with Crippen molar-refractivity contribution in [3.63, 3.8) is 0 Å². The Kier molecular flexibility index (Phi) is 7.25. The maximum Gasteiger partial charge on any atom is 0.00104 e. The van der Waals surface area contributed by atoms with Crippen LogP contribution >= 0.6 is 0 Å². The average Bonchev–Trinajstić information content (AvgIpc) is 2.78. The molecule has 0 saturated heterocycles. The van der Waals surface area contributed by atoms with E-state index in [1.54, 1.807) is 0 Å². The fraction of sp³-hybridized carbons (Fsp3) is 1.00. The summed E-state index contributed by atoms with van der Waals surface area (Å²) in [5.41, 5.74) is 6.41. The molecule has 108 valence electrons. The van der Waals surface area contributed by atoms with Crippen LogP contribution in [0.15, 0.2) is 0 Å². The molecule has 1 fully saturated rings. The van der Waals surface area contributed by atoms with Gasteiger partial charge in [0.1, 0.15) is 0 Å². The third kappa shape index (κ3) is 5.71. The molecule has 0 aromatic carbocycles. The van der Waals surface area contributed by atoms with Crippen molar-refractivity contribution in [1.82, 2.24) is 5.32 Å². The van der Waals surface area contributed by atoms with Crippen LogP contribution in [-0.4, -0.2) is 19.1 Å². The molecule has 0 aromatic rings. The van der Waals surface area contributed by atoms with Crippen LogP contribution in [0.3, 0.4) is 0 Å². The number of hydrogen-bond acceptors (Lipinski definition) is 2. The molecule has 2 atom stereocenters. The van der Waals surface area contributed by atoms with E-state index < -0.39 is 0 Å². The molecule has 0 radical (unpaired) electrons. The van der Waals surface area contributed by atoms with E-state index in [1.807, 2.05) is 0 Å². The molecule has 2 heteroatoms. The minimum Gasteiger partial charge on any atom is -0.328 e. The van der Waals surface area contributed by atoms with E-state index in [-0.39, 0.29) is 0 Å². The Morgan fingerprint density at radius 2 is 1.83 bits per heavy atom. The molecule has 0 bridgehead atoms. The molecule has 0 spiro atoms. The highest BCUT2D eigenvalue weighted by atomic mass is 14.9. The highest BCUT2D eigenvalue weighted by Crippen LogP contribution is 2.40. The lowest BCUT2D eigenvalue weighted by atomic mass is 9.83. The summed E-state index contributed by atoms with van der Waals surface area (Å²) in [5, 5.41) is 3.73. The second-order valence-corrected chi connectivity index (χ2v) is 6.70. The maximum absolute atomic E-state index is 5.78. The van der Waals surface area contributed by atoms with Crippen molar-refractivity contribution in [2.45, 2.75) is 78.2 Å². The van der Waals surface area contributed by atoms with Crippen molar-refractivity contribution in [3.8, 4) is 0 Å². The van der Waals surface area contributed by atoms with Gasteiger partial charge >= 0.3 is 0 Å². The van der Waals surface area contributed by atoms with Crippen LogP contribution in [0.2, 0.25) is 0 Å². The molecule has 0 heterocycles. The molecule has 0 aliphatic heterocycles. The molecule has 2 nitrogen and oxygen atoms in total. The highest BCUT2D eigenvalue weighted by Gasteiger charge is 2.31. The molecule has 3 N–H and O–H groups in total. The first-order valence-corrected chi connectivity index (χ1v) is 8.04. The molecule has 0 amide bonds. The lowest BCUT2D eigenvalue weighted by Gasteiger charge is -2.28. The molecular formula is C16H34N2. The van der Waals surface area contributed by atoms with Gasteiger partial charge in [0.2, 0.25) is 0 Å². The summed E-state index contributed by atoms with van der Waals surface area (Å²) in [5.74, 6) is 0.791. The zero-order valence-corrected chi connectivity index (χ0v) is 12.8. The van der Waals surface area contributed by atoms with Gasteiger partial charge in [0.15, 0.2) is 0 Å². The summed E-state index contributed by atoms with van der Waals surface area (Å²) in [7, 11) is 0. The van der Waals surface area contributed by atoms with E-state index in [1.165, 1.54) is 64.5 Å². The van der Waals surface area contributed by atoms with Gasteiger partial charge < -0.3 is 11.1 Å². The van der Waals surface area contributed by atoms with Gasteiger partial charge in [0, 0.05) is 12.6 Å². The Morgan fingerprint density at radius 1 is 1.17 bits per heavy atom. The van der Waals surface area contributed by atoms with Gasteiger partial charge in [-0.1, -0.05) is 33.1 Å². The van der Waals surface area contributed by atoms with Crippen molar-refractivity contribution >= 4 is 0 Å². The van der Waals surface area contributed by atoms with Crippen molar-refractivity contribution in [2.75, 3.05) is 13.1 Å². The van der Waals surface area contributed by atoms with Gasteiger partial charge in [-0.3, -0.25) is 0 Å². The van der Waals surface area contributed by atoms with E-state index in [0.29, 0.717) is 11.5 Å². The molecule has 1 saturated carbocycles. The zero-order chi connectivity index (χ0) is 13.4. The Morgan fingerprint density at radius 3 is 2.39 bits per heavy atom. The van der Waals surface area contributed by atoms with Crippen molar-refractivity contribution < 1.29 is 0 Å². The summed E-state index contributed by atoms with van der Waals surface area (Å²) >= 11 is 0. The van der Waals surface area contributed by atoms with Crippen LogP contribution in [0.25, 0.3) is 0 Å². The average molecular weight is 254 g/mol. The van der Waals surface area contributed by atoms with Crippen LogP contribution in [0, 0.1) is 11.3 Å². The van der Waals surface area contributed by atoms with E-state index in [9.17, 15) is 0 Å². The summed E-state index contributed by atoms with van der Waals surface area (Å²) < 4.78 is 0. The predicted octanol–water partition coefficient (Wildman–Crippen LogP) is 3.70. The molecule has 1 aliphatic rings. The van der Waals surface area contributed by atoms with Crippen LogP contribution in [0.1, 0.15) is 72.1 Å². The van der Waals surface area contributed by atoms with Gasteiger partial charge in [-0.15, -0.1) is 0 Å². The summed E-state index contributed by atoms with van der Waals surface area (Å²) in [6.45, 7) is 9.25. The molecule has 1 rings (SSSR count). The predicted molar refractivity (Wildman–Crippen MR) is 80.7 cm³/mol. The molecule has 2 unspecified atom stereocenters. The van der Waals surface area contributed by atoms with Gasteiger partial charge in [0.05, 0.1) is 0 Å². The van der Waals surface area contributed by atoms with E-state index in [0.717, 1.165) is 5.92 Å². The Balaban J connectivity index is 2.09. The third-order valence-corrected chi connectivity index (χ3v) is 4.76. The van der Waals surface area contributed by atoms with Crippen LogP contribution in [-0.2, 0) is 0 Å². The van der Waals surface area contributed by atoms with Crippen molar-refractivity contribution in [2.24, 2.45) is 17.1 Å². The highest BCUT2D eigenvalue weighted by molar-refractivity contribution is 4.85. The monoisotopic (exact) mass is 254 g/mol. The zero-order valence-electron chi connectivity index (χ0n) is 12.8. The first-order chi connectivity index (χ1) is 8.58. The van der Waals surface area contributed by atoms with Gasteiger partial charge in [-0.25, -0.2) is 0 Å². The van der Waals surface area contributed by atoms with Crippen LogP contribution < -0.4 is 11.1 Å². The third-order valence-electron chi connectivity index (χ3n) is 4.76. The van der Waals surface area contributed by atoms with Crippen molar-refractivity contribution in [3.05, 3.63) is 0 Å². The van der Waals surface area contributed by atoms with E-state index in [4.69, 9.17) is 5.73 Å². The van der Waals surface area contributed by atoms with E-state index in [2.05, 4.69) is 26.1 Å². The summed E-state index contributed by atoms with van der Waals surface area (Å²) in [6.07, 6.45) is 10.9. The molecule has 0 aromatic heterocycles. The quantitative estimate of drug-likeness (QED) is 0.658. The lowest BCUT2D eigenvalue weighted by Crippen LogP contribution is -2.34. The number of hydrogen-bond donors (Lipinski definition) is 2. The number of nitrogens with two attached hydrogens (primary N) is 1. The fourth-order valence-corrected chi connectivity index (χ4v) is 3.25. The maximum atomic E-state index is 5.78. The van der Waals surface area contributed by atoms with Gasteiger partial charge in [-0.05, 0) is 56.9 Å². The standard InChI is InChI=1S/C16H34N2/c1-4-16(10-5-6-11-16)13-18-12-14(2)8-7-9-15(3)17/h14-15,18H,4-13,17H2,1-3H3. The molecule has 1 aliphatic carbocycles. The second-order valence-electron chi connectivity index (χ2n) is 6.70. The second kappa shape index (κ2) is 8.16. The minimum atomic E-state index is 0.368. The largest absolute Gasteiger partial charge is 0.328 e. The summed E-state index contributed by atoms with van der Waals surface area (Å²) in [6, 6.07) is 0.368. The Labute approximate surface area is 114 Å². The SMILES string of the molecule is CCC1(CNCC(C)CCCC(C)N)CCCC1. The number of nitrogens with one attached hydrogen (secondary N) is 1. The fourth-order valence-electron chi connectivity index (χ4n) is 3.25. The normalized spacial score (nSPS) is 22.0. The molecule has 18 heavy (non-hydrogen) atoms. The summed E-state index contributed by atoms with van der Waals surface area (Å²) in [4.78, 5) is 0. The Bertz CT molecular complexity index is 207. The molecular weight excluding hydrogens is 220 g/mol. The van der Waals surface area contributed by atoms with Crippen LogP contribution in [0.5, 0.6) is 0 Å². The minimum absolute atomic E-state index is 0.368. The lowest BCUT2D eigenvalue weighted by molar-refractivity contribution is 0.261. The van der Waals surface area contributed by atoms with Gasteiger partial charge in [-0.2, -0.15) is 0 Å². The number of rotatable bonds is 9. The van der Waals surface area contributed by atoms with Crippen molar-refractivity contribution in [1.29, 1.82) is 0 Å². The van der Waals surface area contributed by atoms with Gasteiger partial charge in [0.25, 0.3) is 0 Å². The smallest absolute Gasteiger partial charge is 0.00104 e. The first kappa shape index (κ1) is 16.0. The van der Waals surface area contributed by atoms with Crippen LogP contribution in [0.4, 0.5) is 0 Å². The first-order valence-electron chi connectivity index (χ1n) is 8.04. The topological polar surface area (TPSA) is 38.0 Å².